The summed E-state index contributed by atoms with van der Waals surface area (Å²) in [6.07, 6.45) is 3.51. The van der Waals surface area contributed by atoms with Crippen molar-refractivity contribution in [3.8, 4) is 17.1 Å². The van der Waals surface area contributed by atoms with Gasteiger partial charge in [-0.05, 0) is 25.1 Å². The summed E-state index contributed by atoms with van der Waals surface area (Å²) in [5, 5.41) is 0. The van der Waals surface area contributed by atoms with Crippen LogP contribution in [0.2, 0.25) is 0 Å². The Labute approximate surface area is 105 Å². The number of benzene rings is 1. The van der Waals surface area contributed by atoms with Gasteiger partial charge in [-0.3, -0.25) is 4.98 Å². The normalized spacial score (nSPS) is 10.7. The fourth-order valence-electron chi connectivity index (χ4n) is 1.93. The minimum Gasteiger partial charge on any atom is -0.493 e. The Kier molecular flexibility index (Phi) is 2.68. The average molecular weight is 239 g/mol. The van der Waals surface area contributed by atoms with E-state index < -0.39 is 0 Å². The second kappa shape index (κ2) is 4.49. The number of aromatic amines is 1. The number of fused-ring (bicyclic) bond motifs is 1. The second-order valence-electron chi connectivity index (χ2n) is 3.91. The highest BCUT2D eigenvalue weighted by Gasteiger charge is 2.09. The smallest absolute Gasteiger partial charge is 0.142 e. The Balaban J connectivity index is 2.13. The van der Waals surface area contributed by atoms with E-state index in [1.165, 1.54) is 0 Å². The lowest BCUT2D eigenvalue weighted by atomic mass is 10.2. The van der Waals surface area contributed by atoms with E-state index >= 15 is 0 Å². The van der Waals surface area contributed by atoms with Crippen LogP contribution < -0.4 is 4.74 Å². The Morgan fingerprint density at radius 2 is 2.11 bits per heavy atom. The molecule has 0 unspecified atom stereocenters. The zero-order valence-electron chi connectivity index (χ0n) is 10.1. The van der Waals surface area contributed by atoms with Crippen molar-refractivity contribution >= 4 is 11.0 Å². The van der Waals surface area contributed by atoms with Gasteiger partial charge < -0.3 is 9.72 Å². The third-order valence-electron chi connectivity index (χ3n) is 2.73. The predicted molar refractivity (Wildman–Crippen MR) is 70.5 cm³/mol. The first kappa shape index (κ1) is 10.8. The number of rotatable bonds is 3. The molecule has 2 aromatic heterocycles. The zero-order chi connectivity index (χ0) is 12.4. The summed E-state index contributed by atoms with van der Waals surface area (Å²) in [6, 6.07) is 9.76. The van der Waals surface area contributed by atoms with Crippen molar-refractivity contribution in [3.63, 3.8) is 0 Å². The molecule has 4 nitrogen and oxygen atoms in total. The third-order valence-corrected chi connectivity index (χ3v) is 2.73. The molecule has 0 amide bonds. The number of pyridine rings is 1. The van der Waals surface area contributed by atoms with E-state index in [1.807, 2.05) is 37.3 Å². The van der Waals surface area contributed by atoms with Gasteiger partial charge in [0.2, 0.25) is 0 Å². The molecule has 0 aliphatic carbocycles. The standard InChI is InChI=1S/C14H13N3O/c1-2-18-13-6-4-3-5-10(13)14-16-11-7-8-15-9-12(11)17-14/h3-9H,2H2,1H3,(H,16,17). The molecule has 0 saturated heterocycles. The van der Waals surface area contributed by atoms with Gasteiger partial charge in [-0.25, -0.2) is 4.98 Å². The van der Waals surface area contributed by atoms with Gasteiger partial charge in [-0.2, -0.15) is 0 Å². The fourth-order valence-corrected chi connectivity index (χ4v) is 1.93. The summed E-state index contributed by atoms with van der Waals surface area (Å²) < 4.78 is 5.61. The highest BCUT2D eigenvalue weighted by atomic mass is 16.5. The summed E-state index contributed by atoms with van der Waals surface area (Å²) >= 11 is 0. The van der Waals surface area contributed by atoms with E-state index in [-0.39, 0.29) is 0 Å². The summed E-state index contributed by atoms with van der Waals surface area (Å²) in [6.45, 7) is 2.61. The molecule has 0 bridgehead atoms. The first-order chi connectivity index (χ1) is 8.88. The summed E-state index contributed by atoms with van der Waals surface area (Å²) in [7, 11) is 0. The maximum absolute atomic E-state index is 5.61. The molecule has 0 radical (unpaired) electrons. The molecule has 3 rings (SSSR count). The van der Waals surface area contributed by atoms with Crippen LogP contribution in [0.1, 0.15) is 6.92 Å². The molecule has 4 heteroatoms. The van der Waals surface area contributed by atoms with Gasteiger partial charge >= 0.3 is 0 Å². The Morgan fingerprint density at radius 1 is 1.22 bits per heavy atom. The van der Waals surface area contributed by atoms with Gasteiger partial charge in [0.1, 0.15) is 11.6 Å². The molecule has 1 aromatic carbocycles. The van der Waals surface area contributed by atoms with Crippen molar-refractivity contribution in [2.45, 2.75) is 6.92 Å². The topological polar surface area (TPSA) is 50.8 Å². The molecule has 90 valence electrons. The molecule has 0 aliphatic heterocycles. The van der Waals surface area contributed by atoms with Crippen molar-refractivity contribution in [1.82, 2.24) is 15.0 Å². The lowest BCUT2D eigenvalue weighted by Crippen LogP contribution is -1.94. The largest absolute Gasteiger partial charge is 0.493 e. The Morgan fingerprint density at radius 3 is 2.94 bits per heavy atom. The molecule has 0 spiro atoms. The highest BCUT2D eigenvalue weighted by molar-refractivity contribution is 5.79. The van der Waals surface area contributed by atoms with Crippen molar-refractivity contribution in [3.05, 3.63) is 42.7 Å². The van der Waals surface area contributed by atoms with Crippen LogP contribution in [0.25, 0.3) is 22.4 Å². The van der Waals surface area contributed by atoms with Gasteiger partial charge in [0.15, 0.2) is 0 Å². The fraction of sp³-hybridized carbons (Fsp3) is 0.143. The van der Waals surface area contributed by atoms with E-state index in [0.717, 1.165) is 28.2 Å². The Bertz CT molecular complexity index is 642. The second-order valence-corrected chi connectivity index (χ2v) is 3.91. The summed E-state index contributed by atoms with van der Waals surface area (Å²) in [5.41, 5.74) is 2.81. The number of hydrogen-bond donors (Lipinski definition) is 1. The SMILES string of the molecule is CCOc1ccccc1-c1nc2ccncc2[nH]1. The molecule has 0 atom stereocenters. The molecule has 0 saturated carbocycles. The maximum Gasteiger partial charge on any atom is 0.142 e. The van der Waals surface area contributed by atoms with Crippen molar-refractivity contribution in [1.29, 1.82) is 0 Å². The van der Waals surface area contributed by atoms with Crippen molar-refractivity contribution < 1.29 is 4.74 Å². The third kappa shape index (κ3) is 1.82. The minimum atomic E-state index is 0.638. The lowest BCUT2D eigenvalue weighted by molar-refractivity contribution is 0.341. The van der Waals surface area contributed by atoms with Crippen LogP contribution in [-0.4, -0.2) is 21.6 Å². The van der Waals surface area contributed by atoms with Gasteiger partial charge in [0.25, 0.3) is 0 Å². The molecular weight excluding hydrogens is 226 g/mol. The summed E-state index contributed by atoms with van der Waals surface area (Å²) in [4.78, 5) is 11.9. The van der Waals surface area contributed by atoms with Gasteiger partial charge in [-0.1, -0.05) is 12.1 Å². The zero-order valence-corrected chi connectivity index (χ0v) is 10.1. The van der Waals surface area contributed by atoms with E-state index in [1.54, 1.807) is 12.4 Å². The molecule has 0 aliphatic rings. The minimum absolute atomic E-state index is 0.638. The molecule has 3 aromatic rings. The Hall–Kier alpha value is -2.36. The monoisotopic (exact) mass is 239 g/mol. The number of aromatic nitrogens is 3. The van der Waals surface area contributed by atoms with E-state index in [9.17, 15) is 0 Å². The maximum atomic E-state index is 5.61. The molecular formula is C14H13N3O. The van der Waals surface area contributed by atoms with E-state index in [4.69, 9.17) is 4.74 Å². The summed E-state index contributed by atoms with van der Waals surface area (Å²) in [5.74, 6) is 1.65. The van der Waals surface area contributed by atoms with Gasteiger partial charge in [0, 0.05) is 6.20 Å². The van der Waals surface area contributed by atoms with Gasteiger partial charge in [-0.15, -0.1) is 0 Å². The molecule has 0 fully saturated rings. The van der Waals surface area contributed by atoms with Crippen LogP contribution in [0.3, 0.4) is 0 Å². The average Bonchev–Trinajstić information content (AvgIpc) is 2.83. The van der Waals surface area contributed by atoms with Crippen molar-refractivity contribution in [2.24, 2.45) is 0 Å². The van der Waals surface area contributed by atoms with Gasteiger partial charge in [0.05, 0.1) is 29.4 Å². The number of nitrogens with zero attached hydrogens (tertiary/aromatic N) is 2. The lowest BCUT2D eigenvalue weighted by Gasteiger charge is -2.07. The molecule has 18 heavy (non-hydrogen) atoms. The van der Waals surface area contributed by atoms with Crippen LogP contribution in [0, 0.1) is 0 Å². The van der Waals surface area contributed by atoms with Crippen LogP contribution >= 0.6 is 0 Å². The quantitative estimate of drug-likeness (QED) is 0.764. The number of H-pyrrole nitrogens is 1. The van der Waals surface area contributed by atoms with Crippen molar-refractivity contribution in [2.75, 3.05) is 6.61 Å². The number of imidazole rings is 1. The molecule has 1 N–H and O–H groups in total. The predicted octanol–water partition coefficient (Wildman–Crippen LogP) is 3.02. The number of hydrogen-bond acceptors (Lipinski definition) is 3. The number of para-hydroxylation sites is 1. The first-order valence-electron chi connectivity index (χ1n) is 5.90. The van der Waals surface area contributed by atoms with E-state index in [0.29, 0.717) is 6.61 Å². The van der Waals surface area contributed by atoms with Crippen LogP contribution in [0.4, 0.5) is 0 Å². The highest BCUT2D eigenvalue weighted by Crippen LogP contribution is 2.28. The van der Waals surface area contributed by atoms with Crippen LogP contribution in [0.15, 0.2) is 42.7 Å². The number of nitrogens with one attached hydrogen (secondary N) is 1. The molecule has 2 heterocycles. The van der Waals surface area contributed by atoms with E-state index in [2.05, 4.69) is 15.0 Å². The first-order valence-corrected chi connectivity index (χ1v) is 5.90. The number of ether oxygens (including phenoxy) is 1. The van der Waals surface area contributed by atoms with Crippen LogP contribution in [0.5, 0.6) is 5.75 Å². The van der Waals surface area contributed by atoms with Crippen LogP contribution in [-0.2, 0) is 0 Å².